The van der Waals surface area contributed by atoms with Crippen LogP contribution in [0.1, 0.15) is 55.7 Å². The molecular formula is C14H22N2O. The zero-order chi connectivity index (χ0) is 12.4. The van der Waals surface area contributed by atoms with Crippen LogP contribution < -0.4 is 0 Å². The molecule has 2 atom stereocenters. The molecule has 94 valence electrons. The van der Waals surface area contributed by atoms with Crippen molar-refractivity contribution in [1.82, 2.24) is 9.78 Å². The molecule has 3 heteroatoms. The molecule has 1 aliphatic rings. The number of aromatic nitrogens is 2. The van der Waals surface area contributed by atoms with Crippen molar-refractivity contribution in [2.24, 2.45) is 11.8 Å². The van der Waals surface area contributed by atoms with Crippen LogP contribution in [0.2, 0.25) is 0 Å². The van der Waals surface area contributed by atoms with Gasteiger partial charge in [0.2, 0.25) is 0 Å². The van der Waals surface area contributed by atoms with E-state index in [-0.39, 0.29) is 5.92 Å². The van der Waals surface area contributed by atoms with Gasteiger partial charge in [-0.3, -0.25) is 9.48 Å². The van der Waals surface area contributed by atoms with E-state index in [0.717, 1.165) is 30.8 Å². The van der Waals surface area contributed by atoms with Crippen molar-refractivity contribution in [3.05, 3.63) is 17.5 Å². The van der Waals surface area contributed by atoms with E-state index in [2.05, 4.69) is 12.0 Å². The highest BCUT2D eigenvalue weighted by atomic mass is 16.1. The topological polar surface area (TPSA) is 34.9 Å². The molecule has 0 spiro atoms. The Labute approximate surface area is 103 Å². The molecule has 0 aliphatic heterocycles. The Kier molecular flexibility index (Phi) is 3.65. The molecule has 2 unspecified atom stereocenters. The Morgan fingerprint density at radius 1 is 1.53 bits per heavy atom. The van der Waals surface area contributed by atoms with E-state index in [9.17, 15) is 4.79 Å². The van der Waals surface area contributed by atoms with Crippen LogP contribution in [-0.4, -0.2) is 15.6 Å². The smallest absolute Gasteiger partial charge is 0.183 e. The lowest BCUT2D eigenvalue weighted by molar-refractivity contribution is 0.0857. The summed E-state index contributed by atoms with van der Waals surface area (Å²) in [6.07, 6.45) is 4.57. The monoisotopic (exact) mass is 234 g/mol. The fourth-order valence-electron chi connectivity index (χ4n) is 2.87. The number of hydrogen-bond acceptors (Lipinski definition) is 2. The number of carbonyl (C=O) groups is 1. The second-order valence-corrected chi connectivity index (χ2v) is 5.32. The zero-order valence-corrected chi connectivity index (χ0v) is 11.1. The summed E-state index contributed by atoms with van der Waals surface area (Å²) in [5, 5.41) is 4.36. The first-order valence-electron chi connectivity index (χ1n) is 6.70. The van der Waals surface area contributed by atoms with Crippen LogP contribution in [0.3, 0.4) is 0 Å². The summed E-state index contributed by atoms with van der Waals surface area (Å²) in [6, 6.07) is 1.94. The van der Waals surface area contributed by atoms with Crippen molar-refractivity contribution >= 4 is 5.78 Å². The minimum absolute atomic E-state index is 0.222. The molecule has 1 aliphatic carbocycles. The minimum Gasteiger partial charge on any atom is -0.292 e. The Morgan fingerprint density at radius 2 is 2.29 bits per heavy atom. The first-order valence-corrected chi connectivity index (χ1v) is 6.70. The van der Waals surface area contributed by atoms with Crippen molar-refractivity contribution in [2.75, 3.05) is 0 Å². The molecule has 0 radical (unpaired) electrons. The van der Waals surface area contributed by atoms with Crippen molar-refractivity contribution in [1.29, 1.82) is 0 Å². The third kappa shape index (κ3) is 2.59. The molecule has 3 nitrogen and oxygen atoms in total. The lowest BCUT2D eigenvalue weighted by Crippen LogP contribution is -2.24. The fraction of sp³-hybridized carbons (Fsp3) is 0.714. The maximum absolute atomic E-state index is 12.5. The highest BCUT2D eigenvalue weighted by molar-refractivity contribution is 5.96. The molecular weight excluding hydrogens is 212 g/mol. The van der Waals surface area contributed by atoms with Gasteiger partial charge in [0.05, 0.1) is 5.69 Å². The van der Waals surface area contributed by atoms with Gasteiger partial charge in [0.15, 0.2) is 5.78 Å². The summed E-state index contributed by atoms with van der Waals surface area (Å²) in [5.74, 6) is 1.22. The maximum Gasteiger partial charge on any atom is 0.183 e. The fourth-order valence-corrected chi connectivity index (χ4v) is 2.87. The van der Waals surface area contributed by atoms with Gasteiger partial charge in [-0.15, -0.1) is 0 Å². The number of ketones is 1. The Hall–Kier alpha value is -1.12. The van der Waals surface area contributed by atoms with Gasteiger partial charge >= 0.3 is 0 Å². The molecule has 0 N–H and O–H groups in total. The summed E-state index contributed by atoms with van der Waals surface area (Å²) in [6.45, 7) is 7.01. The number of rotatable bonds is 3. The summed E-state index contributed by atoms with van der Waals surface area (Å²) in [7, 11) is 0. The SMILES string of the molecule is CCn1nc(C)cc1C(=O)C1CCCC(C)C1. The zero-order valence-electron chi connectivity index (χ0n) is 11.1. The van der Waals surface area contributed by atoms with Gasteiger partial charge in [-0.05, 0) is 38.7 Å². The van der Waals surface area contributed by atoms with Crippen molar-refractivity contribution in [2.45, 2.75) is 53.0 Å². The normalized spacial score (nSPS) is 24.9. The van der Waals surface area contributed by atoms with Crippen LogP contribution in [-0.2, 0) is 6.54 Å². The Balaban J connectivity index is 2.18. The van der Waals surface area contributed by atoms with Crippen molar-refractivity contribution in [3.63, 3.8) is 0 Å². The molecule has 17 heavy (non-hydrogen) atoms. The van der Waals surface area contributed by atoms with E-state index in [1.165, 1.54) is 12.8 Å². The third-order valence-electron chi connectivity index (χ3n) is 3.76. The van der Waals surface area contributed by atoms with Gasteiger partial charge in [-0.1, -0.05) is 19.8 Å². The van der Waals surface area contributed by atoms with Crippen LogP contribution in [0.4, 0.5) is 0 Å². The number of carbonyl (C=O) groups excluding carboxylic acids is 1. The van der Waals surface area contributed by atoms with E-state index < -0.39 is 0 Å². The van der Waals surface area contributed by atoms with Gasteiger partial charge in [0, 0.05) is 12.5 Å². The third-order valence-corrected chi connectivity index (χ3v) is 3.76. The number of aryl methyl sites for hydroxylation is 2. The molecule has 0 amide bonds. The molecule has 1 aromatic rings. The molecule has 1 saturated carbocycles. The highest BCUT2D eigenvalue weighted by Gasteiger charge is 2.27. The molecule has 1 fully saturated rings. The van der Waals surface area contributed by atoms with Gasteiger partial charge < -0.3 is 0 Å². The van der Waals surface area contributed by atoms with E-state index in [1.807, 2.05) is 24.6 Å². The van der Waals surface area contributed by atoms with Gasteiger partial charge in [-0.2, -0.15) is 5.10 Å². The van der Waals surface area contributed by atoms with Gasteiger partial charge in [0.25, 0.3) is 0 Å². The summed E-state index contributed by atoms with van der Waals surface area (Å²) in [4.78, 5) is 12.5. The predicted octanol–water partition coefficient (Wildman–Crippen LogP) is 3.22. The molecule has 1 heterocycles. The average Bonchev–Trinajstić information content (AvgIpc) is 2.69. The molecule has 0 bridgehead atoms. The Morgan fingerprint density at radius 3 is 2.94 bits per heavy atom. The van der Waals surface area contributed by atoms with Gasteiger partial charge in [-0.25, -0.2) is 0 Å². The van der Waals surface area contributed by atoms with E-state index in [0.29, 0.717) is 11.7 Å². The average molecular weight is 234 g/mol. The minimum atomic E-state index is 0.222. The molecule has 0 aromatic carbocycles. The van der Waals surface area contributed by atoms with Crippen LogP contribution in [0, 0.1) is 18.8 Å². The van der Waals surface area contributed by atoms with E-state index in [4.69, 9.17) is 0 Å². The lowest BCUT2D eigenvalue weighted by atomic mass is 9.79. The standard InChI is InChI=1S/C14H22N2O/c1-4-16-13(9-11(3)15-16)14(17)12-7-5-6-10(2)8-12/h9-10,12H,4-8H2,1-3H3. The number of Topliss-reactive ketones (excluding diaryl/α,β-unsaturated/α-hetero) is 1. The van der Waals surface area contributed by atoms with Gasteiger partial charge in [0.1, 0.15) is 5.69 Å². The molecule has 2 rings (SSSR count). The largest absolute Gasteiger partial charge is 0.292 e. The van der Waals surface area contributed by atoms with E-state index >= 15 is 0 Å². The number of nitrogens with zero attached hydrogens (tertiary/aromatic N) is 2. The van der Waals surface area contributed by atoms with Crippen LogP contribution in [0.15, 0.2) is 6.07 Å². The summed E-state index contributed by atoms with van der Waals surface area (Å²) in [5.41, 5.74) is 1.75. The van der Waals surface area contributed by atoms with Crippen molar-refractivity contribution < 1.29 is 4.79 Å². The van der Waals surface area contributed by atoms with Crippen molar-refractivity contribution in [3.8, 4) is 0 Å². The second-order valence-electron chi connectivity index (χ2n) is 5.32. The quantitative estimate of drug-likeness (QED) is 0.753. The molecule has 0 saturated heterocycles. The summed E-state index contributed by atoms with van der Waals surface area (Å²) < 4.78 is 1.84. The summed E-state index contributed by atoms with van der Waals surface area (Å²) >= 11 is 0. The van der Waals surface area contributed by atoms with E-state index in [1.54, 1.807) is 0 Å². The predicted molar refractivity (Wildman–Crippen MR) is 68.1 cm³/mol. The highest BCUT2D eigenvalue weighted by Crippen LogP contribution is 2.31. The maximum atomic E-state index is 12.5. The second kappa shape index (κ2) is 5.03. The first-order chi connectivity index (χ1) is 8.11. The Bertz CT molecular complexity index is 408. The van der Waals surface area contributed by atoms with Crippen LogP contribution >= 0.6 is 0 Å². The van der Waals surface area contributed by atoms with Crippen LogP contribution in [0.5, 0.6) is 0 Å². The number of hydrogen-bond donors (Lipinski definition) is 0. The first kappa shape index (κ1) is 12.3. The molecule has 1 aromatic heterocycles. The van der Waals surface area contributed by atoms with Crippen LogP contribution in [0.25, 0.3) is 0 Å². The lowest BCUT2D eigenvalue weighted by Gasteiger charge is -2.25.